The molecule has 10 heteroatoms. The summed E-state index contributed by atoms with van der Waals surface area (Å²) in [5.74, 6) is 0.478. The second kappa shape index (κ2) is 10.7. The summed E-state index contributed by atoms with van der Waals surface area (Å²) in [7, 11) is -3.90. The Labute approximate surface area is 214 Å². The van der Waals surface area contributed by atoms with Crippen LogP contribution in [0.3, 0.4) is 0 Å². The summed E-state index contributed by atoms with van der Waals surface area (Å²) in [6, 6.07) is 19.6. The molecule has 7 nitrogen and oxygen atoms in total. The fourth-order valence-electron chi connectivity index (χ4n) is 4.04. The van der Waals surface area contributed by atoms with Crippen LogP contribution in [0.25, 0.3) is 0 Å². The fourth-order valence-corrected chi connectivity index (χ4v) is 4.99. The van der Waals surface area contributed by atoms with Gasteiger partial charge in [0, 0.05) is 34.5 Å². The molecule has 180 valence electrons. The Balaban J connectivity index is 1.80. The van der Waals surface area contributed by atoms with Gasteiger partial charge in [-0.05, 0) is 35.4 Å². The minimum Gasteiger partial charge on any atom is -0.369 e. The summed E-state index contributed by atoms with van der Waals surface area (Å²) in [6.45, 7) is 0.825. The molecule has 0 saturated carbocycles. The summed E-state index contributed by atoms with van der Waals surface area (Å²) in [4.78, 5) is 0.0530. The van der Waals surface area contributed by atoms with E-state index < -0.39 is 10.0 Å². The number of rotatable bonds is 7. The van der Waals surface area contributed by atoms with Crippen LogP contribution in [0.15, 0.2) is 93.2 Å². The van der Waals surface area contributed by atoms with E-state index >= 15 is 0 Å². The average Bonchev–Trinajstić information content (AvgIpc) is 3.28. The molecule has 1 unspecified atom stereocenters. The van der Waals surface area contributed by atoms with Crippen LogP contribution in [0.4, 0.5) is 0 Å². The molecule has 1 atom stereocenters. The molecule has 0 aromatic heterocycles. The Morgan fingerprint density at radius 3 is 2.51 bits per heavy atom. The summed E-state index contributed by atoms with van der Waals surface area (Å²) in [5, 5.41) is 25.4. The van der Waals surface area contributed by atoms with Crippen LogP contribution in [0.1, 0.15) is 29.9 Å². The van der Waals surface area contributed by atoms with Crippen molar-refractivity contribution in [1.29, 1.82) is 5.26 Å². The Morgan fingerprint density at radius 2 is 1.86 bits per heavy atom. The highest BCUT2D eigenvalue weighted by Crippen LogP contribution is 2.36. The van der Waals surface area contributed by atoms with Crippen LogP contribution in [0.2, 0.25) is 5.02 Å². The molecule has 2 aromatic carbocycles. The maximum atomic E-state index is 12.0. The molecule has 1 aliphatic carbocycles. The lowest BCUT2D eigenvalue weighted by atomic mass is 9.90. The predicted octanol–water partition coefficient (Wildman–Crippen LogP) is 4.56. The first kappa shape index (κ1) is 25.0. The number of nitrogens with one attached hydrogen (secondary N) is 1. The lowest BCUT2D eigenvalue weighted by molar-refractivity contribution is 0.355. The number of nitriles is 1. The molecule has 2 aliphatic rings. The molecule has 0 saturated heterocycles. The van der Waals surface area contributed by atoms with Gasteiger partial charge in [-0.3, -0.25) is 0 Å². The van der Waals surface area contributed by atoms with E-state index in [1.165, 1.54) is 12.2 Å². The smallest absolute Gasteiger partial charge is 0.234 e. The maximum Gasteiger partial charge on any atom is 0.234 e. The highest BCUT2D eigenvalue weighted by molar-refractivity contribution is 7.93. The second-order valence-corrected chi connectivity index (χ2v) is 10.5. The normalized spacial score (nSPS) is 19.4. The van der Waals surface area contributed by atoms with Gasteiger partial charge >= 0.3 is 0 Å². The number of sulfonamides is 1. The number of allylic oxidation sites excluding steroid dienone is 5. The fraction of sp³-hybridized carbons (Fsp3) is 0.200. The van der Waals surface area contributed by atoms with Crippen molar-refractivity contribution in [2.24, 2.45) is 10.2 Å². The molecule has 1 heterocycles. The minimum absolute atomic E-state index is 0.0152. The zero-order chi connectivity index (χ0) is 25.0. The van der Waals surface area contributed by atoms with Crippen molar-refractivity contribution < 1.29 is 8.42 Å². The van der Waals surface area contributed by atoms with Crippen LogP contribution in [-0.2, 0) is 10.0 Å². The molecule has 0 fully saturated rings. The first-order valence-electron chi connectivity index (χ1n) is 10.9. The number of hydrazone groups is 1. The topological polar surface area (TPSA) is 112 Å². The minimum atomic E-state index is -3.90. The van der Waals surface area contributed by atoms with Gasteiger partial charge in [-0.2, -0.15) is 10.4 Å². The number of benzene rings is 2. The number of halogens is 2. The summed E-state index contributed by atoms with van der Waals surface area (Å²) >= 11 is 12.6. The number of hydrogen-bond donors (Lipinski definition) is 2. The molecular weight excluding hydrogens is 505 g/mol. The molecule has 0 bridgehead atoms. The first-order chi connectivity index (χ1) is 16.8. The van der Waals surface area contributed by atoms with Crippen LogP contribution in [0.5, 0.6) is 0 Å². The molecule has 0 radical (unpaired) electrons. The Hall–Kier alpha value is -3.09. The van der Waals surface area contributed by atoms with Crippen LogP contribution < -0.4 is 10.5 Å². The number of nitrogens with two attached hydrogens (primary N) is 1. The van der Waals surface area contributed by atoms with E-state index in [4.69, 9.17) is 38.7 Å². The van der Waals surface area contributed by atoms with E-state index in [1.807, 2.05) is 54.6 Å². The van der Waals surface area contributed by atoms with Gasteiger partial charge < -0.3 is 5.32 Å². The highest BCUT2D eigenvalue weighted by atomic mass is 35.5. The zero-order valence-corrected chi connectivity index (χ0v) is 21.0. The summed E-state index contributed by atoms with van der Waals surface area (Å²) in [6.07, 6.45) is 3.19. The molecule has 2 aromatic rings. The van der Waals surface area contributed by atoms with Crippen LogP contribution in [-0.4, -0.2) is 32.2 Å². The molecule has 0 spiro atoms. The SMILES string of the molecule is N#CCCNC(=C1CC(S(N)(=O)=O)=CC=C1Cl)N1CC(c2ccccc2)C(c2ccc(Cl)cc2)=N1. The van der Waals surface area contributed by atoms with E-state index in [9.17, 15) is 8.42 Å². The maximum absolute atomic E-state index is 12.0. The van der Waals surface area contributed by atoms with Crippen molar-refractivity contribution in [3.8, 4) is 6.07 Å². The third-order valence-corrected chi connectivity index (χ3v) is 7.37. The Morgan fingerprint density at radius 1 is 1.14 bits per heavy atom. The molecule has 1 aliphatic heterocycles. The zero-order valence-electron chi connectivity index (χ0n) is 18.7. The average molecular weight is 528 g/mol. The molecule has 0 amide bonds. The number of hydrogen-bond acceptors (Lipinski definition) is 6. The molecule has 3 N–H and O–H groups in total. The van der Waals surface area contributed by atoms with Gasteiger partial charge in [0.1, 0.15) is 5.82 Å². The van der Waals surface area contributed by atoms with Gasteiger partial charge in [0.25, 0.3) is 0 Å². The van der Waals surface area contributed by atoms with Gasteiger partial charge in [-0.25, -0.2) is 18.6 Å². The largest absolute Gasteiger partial charge is 0.369 e. The predicted molar refractivity (Wildman–Crippen MR) is 139 cm³/mol. The lowest BCUT2D eigenvalue weighted by Crippen LogP contribution is -2.31. The third kappa shape index (κ3) is 5.77. The summed E-state index contributed by atoms with van der Waals surface area (Å²) in [5.41, 5.74) is 3.39. The van der Waals surface area contributed by atoms with Crippen LogP contribution in [0, 0.1) is 11.3 Å². The van der Waals surface area contributed by atoms with Gasteiger partial charge in [0.15, 0.2) is 0 Å². The Bertz CT molecular complexity index is 1380. The van der Waals surface area contributed by atoms with E-state index in [0.717, 1.165) is 16.8 Å². The summed E-state index contributed by atoms with van der Waals surface area (Å²) < 4.78 is 24.1. The number of nitrogens with zero attached hydrogens (tertiary/aromatic N) is 3. The van der Waals surface area contributed by atoms with Gasteiger partial charge in [0.2, 0.25) is 10.0 Å². The molecular formula is C25H23Cl2N5O2S. The van der Waals surface area contributed by atoms with Crippen molar-refractivity contribution in [1.82, 2.24) is 10.3 Å². The number of primary sulfonamides is 1. The van der Waals surface area contributed by atoms with Crippen LogP contribution >= 0.6 is 23.2 Å². The van der Waals surface area contributed by atoms with Crippen molar-refractivity contribution in [2.45, 2.75) is 18.8 Å². The second-order valence-electron chi connectivity index (χ2n) is 8.07. The highest BCUT2D eigenvalue weighted by Gasteiger charge is 2.33. The van der Waals surface area contributed by atoms with Gasteiger partial charge in [0.05, 0.1) is 29.7 Å². The van der Waals surface area contributed by atoms with Crippen molar-refractivity contribution in [3.05, 3.63) is 104 Å². The molecule has 4 rings (SSSR count). The monoisotopic (exact) mass is 527 g/mol. The standard InChI is InChI=1S/C25H23Cl2N5O2S/c26-19-9-7-18(8-10-19)24-22(17-5-2-1-3-6-17)16-32(31-24)25(30-14-4-13-28)21-15-20(35(29,33)34)11-12-23(21)27/h1-3,5-12,22,30H,4,14-16H2,(H2,29,33,34). The van der Waals surface area contributed by atoms with E-state index in [1.54, 1.807) is 5.01 Å². The van der Waals surface area contributed by atoms with E-state index in [-0.39, 0.29) is 23.7 Å². The van der Waals surface area contributed by atoms with Crippen molar-refractivity contribution in [2.75, 3.05) is 13.1 Å². The molecule has 35 heavy (non-hydrogen) atoms. The Kier molecular flexibility index (Phi) is 7.63. The van der Waals surface area contributed by atoms with Crippen molar-refractivity contribution in [3.63, 3.8) is 0 Å². The first-order valence-corrected chi connectivity index (χ1v) is 13.2. The quantitative estimate of drug-likeness (QED) is 0.512. The van der Waals surface area contributed by atoms with Gasteiger partial charge in [-0.1, -0.05) is 65.7 Å². The third-order valence-electron chi connectivity index (χ3n) is 5.75. The van der Waals surface area contributed by atoms with Crippen molar-refractivity contribution >= 4 is 38.9 Å². The van der Waals surface area contributed by atoms with E-state index in [2.05, 4.69) is 11.4 Å². The van der Waals surface area contributed by atoms with Gasteiger partial charge in [-0.15, -0.1) is 0 Å². The van der Waals surface area contributed by atoms with E-state index in [0.29, 0.717) is 34.5 Å². The lowest BCUT2D eigenvalue weighted by Gasteiger charge is -2.26.